The number of Topliss-reactive ketones (excluding diaryl/α,β-unsaturated/α-hetero) is 2. The Morgan fingerprint density at radius 1 is 1.17 bits per heavy atom. The Labute approximate surface area is 242 Å². The third kappa shape index (κ3) is 4.34. The molecular weight excluding hydrogens is 550 g/mol. The van der Waals surface area contributed by atoms with E-state index in [-0.39, 0.29) is 17.9 Å². The highest BCUT2D eigenvalue weighted by Gasteiger charge is 2.68. The summed E-state index contributed by atoms with van der Waals surface area (Å²) in [6.07, 6.45) is -0.693. The molecule has 1 fully saturated rings. The van der Waals surface area contributed by atoms with E-state index in [1.54, 1.807) is 19.9 Å². The van der Waals surface area contributed by atoms with Gasteiger partial charge in [-0.1, -0.05) is 26.3 Å². The Morgan fingerprint density at radius 2 is 1.81 bits per heavy atom. The van der Waals surface area contributed by atoms with Crippen LogP contribution < -0.4 is 11.1 Å². The van der Waals surface area contributed by atoms with Gasteiger partial charge < -0.3 is 41.3 Å². The maximum absolute atomic E-state index is 14.1. The Bertz CT molecular complexity index is 1420. The van der Waals surface area contributed by atoms with E-state index < -0.39 is 93.4 Å². The van der Waals surface area contributed by atoms with E-state index >= 15 is 0 Å². The summed E-state index contributed by atoms with van der Waals surface area (Å²) in [6, 6.07) is 0.819. The molecule has 1 amide bonds. The van der Waals surface area contributed by atoms with E-state index in [4.69, 9.17) is 10.5 Å². The first-order chi connectivity index (χ1) is 19.7. The smallest absolute Gasteiger partial charge is 0.328 e. The highest BCUT2D eigenvalue weighted by molar-refractivity contribution is 6.24. The zero-order valence-corrected chi connectivity index (χ0v) is 24.0. The molecular formula is C29H37N3O10. The Balaban J connectivity index is 1.92. The molecule has 0 aliphatic heterocycles. The molecule has 1 aromatic rings. The number of aromatic hydroxyl groups is 1. The summed E-state index contributed by atoms with van der Waals surface area (Å²) < 4.78 is 5.12. The van der Waals surface area contributed by atoms with E-state index in [9.17, 15) is 44.7 Å². The summed E-state index contributed by atoms with van der Waals surface area (Å²) in [6.45, 7) is 5.32. The lowest BCUT2D eigenvalue weighted by atomic mass is 9.54. The molecule has 0 saturated heterocycles. The number of carbonyl (C=O) groups is 4. The summed E-state index contributed by atoms with van der Waals surface area (Å²) in [5, 5.41) is 60.1. The Morgan fingerprint density at radius 3 is 2.36 bits per heavy atom. The summed E-state index contributed by atoms with van der Waals surface area (Å²) in [5.41, 5.74) is 1.11. The molecule has 4 rings (SSSR count). The Hall–Kier alpha value is -3.94. The molecule has 3 aliphatic carbocycles. The molecule has 0 radical (unpaired) electrons. The number of nitrogens with zero attached hydrogens (tertiary/aromatic N) is 1. The van der Waals surface area contributed by atoms with Crippen molar-refractivity contribution in [3.05, 3.63) is 40.2 Å². The fraction of sp³-hybridized carbons (Fsp3) is 0.517. The van der Waals surface area contributed by atoms with Gasteiger partial charge in [0.05, 0.1) is 35.9 Å². The van der Waals surface area contributed by atoms with Crippen LogP contribution in [-0.4, -0.2) is 98.4 Å². The quantitative estimate of drug-likeness (QED) is 0.127. The number of phenolic OH excluding ortho intramolecular Hbond substituents is 1. The average molecular weight is 588 g/mol. The maximum atomic E-state index is 14.1. The van der Waals surface area contributed by atoms with Crippen molar-refractivity contribution >= 4 is 34.9 Å². The minimum Gasteiger partial charge on any atom is -0.508 e. The monoisotopic (exact) mass is 587 g/mol. The van der Waals surface area contributed by atoms with Crippen molar-refractivity contribution in [2.24, 2.45) is 17.6 Å². The number of hydrogen-bond donors (Lipinski definition) is 7. The number of likely N-dealkylation sites (N-methyl/N-ethyl adjacent to an activating group) is 1. The molecule has 13 nitrogen and oxygen atoms in total. The lowest BCUT2D eigenvalue weighted by Gasteiger charge is -2.53. The fourth-order valence-corrected chi connectivity index (χ4v) is 6.70. The number of nitrogens with one attached hydrogen (secondary N) is 1. The zero-order chi connectivity index (χ0) is 31.4. The van der Waals surface area contributed by atoms with Crippen molar-refractivity contribution in [3.8, 4) is 5.75 Å². The molecule has 0 heterocycles. The largest absolute Gasteiger partial charge is 0.508 e. The maximum Gasteiger partial charge on any atom is 0.328 e. The molecule has 8 N–H and O–H groups in total. The van der Waals surface area contributed by atoms with Crippen molar-refractivity contribution < 1.29 is 49.4 Å². The summed E-state index contributed by atoms with van der Waals surface area (Å²) in [5.74, 6) is -10.2. The lowest BCUT2D eigenvalue weighted by Crippen LogP contribution is -2.70. The molecule has 0 spiro atoms. The predicted molar refractivity (Wildman–Crippen MR) is 149 cm³/mol. The normalized spacial score (nSPS) is 29.6. The van der Waals surface area contributed by atoms with Gasteiger partial charge in [0.2, 0.25) is 5.78 Å². The summed E-state index contributed by atoms with van der Waals surface area (Å²) in [4.78, 5) is 53.3. The summed E-state index contributed by atoms with van der Waals surface area (Å²) >= 11 is 0. The first-order valence-corrected chi connectivity index (χ1v) is 13.8. The van der Waals surface area contributed by atoms with Gasteiger partial charge in [-0.05, 0) is 45.0 Å². The van der Waals surface area contributed by atoms with Gasteiger partial charge in [0.25, 0.3) is 5.91 Å². The minimum absolute atomic E-state index is 0.0631. The van der Waals surface area contributed by atoms with Crippen LogP contribution in [0.5, 0.6) is 5.75 Å². The van der Waals surface area contributed by atoms with E-state index in [2.05, 4.69) is 5.32 Å². The second kappa shape index (κ2) is 11.0. The number of hydrogen-bond acceptors (Lipinski definition) is 12. The van der Waals surface area contributed by atoms with Gasteiger partial charge in [-0.25, -0.2) is 4.79 Å². The second-order valence-electron chi connectivity index (χ2n) is 11.2. The molecule has 13 heteroatoms. The lowest BCUT2D eigenvalue weighted by molar-refractivity contribution is -0.169. The number of carbonyl (C=O) groups excluding carboxylic acids is 4. The number of anilines is 1. The Kier molecular flexibility index (Phi) is 8.15. The molecule has 0 aromatic heterocycles. The van der Waals surface area contributed by atoms with Gasteiger partial charge in [-0.3, -0.25) is 19.3 Å². The van der Waals surface area contributed by atoms with Crippen LogP contribution in [0.1, 0.15) is 50.7 Å². The molecule has 1 aromatic carbocycles. The van der Waals surface area contributed by atoms with Crippen LogP contribution in [0.4, 0.5) is 5.69 Å². The number of ketones is 2. The minimum atomic E-state index is -2.99. The number of fused-ring (bicyclic) bond motifs is 3. The molecule has 1 unspecified atom stereocenters. The van der Waals surface area contributed by atoms with E-state index in [1.165, 1.54) is 25.1 Å². The van der Waals surface area contributed by atoms with Gasteiger partial charge in [0.15, 0.2) is 11.4 Å². The van der Waals surface area contributed by atoms with Crippen LogP contribution in [0.2, 0.25) is 0 Å². The van der Waals surface area contributed by atoms with Crippen molar-refractivity contribution in [2.45, 2.75) is 63.3 Å². The van der Waals surface area contributed by atoms with Crippen LogP contribution >= 0.6 is 0 Å². The van der Waals surface area contributed by atoms with Crippen molar-refractivity contribution in [1.82, 2.24) is 4.90 Å². The number of rotatable bonds is 8. The number of aliphatic hydroxyl groups is 4. The number of amides is 1. The van der Waals surface area contributed by atoms with Crippen molar-refractivity contribution in [3.63, 3.8) is 0 Å². The van der Waals surface area contributed by atoms with Gasteiger partial charge in [-0.15, -0.1) is 0 Å². The standard InChI is InChI=1S/C29H37N3O10/c1-6-8-14(28(40)42-7-2)31-13-10-9-12-11(3)15-17(22(34)16(12)21(13)33)25(37)29(41)19(23(15)35)20(32(4)5)24(36)18(26(29)38)27(30)39/h9-11,14-15,19-20,23,31,33-35,38,41H,6-8H2,1-5H3,(H2,30,39)/t11-,14?,15+,19+,20-,23-,29-/m0/s1. The van der Waals surface area contributed by atoms with Gasteiger partial charge in [0, 0.05) is 11.5 Å². The fourth-order valence-electron chi connectivity index (χ4n) is 6.70. The predicted octanol–water partition coefficient (Wildman–Crippen LogP) is 0.640. The molecule has 42 heavy (non-hydrogen) atoms. The van der Waals surface area contributed by atoms with Crippen LogP contribution in [0, 0.1) is 11.8 Å². The number of aliphatic hydroxyl groups excluding tert-OH is 3. The highest BCUT2D eigenvalue weighted by atomic mass is 16.5. The van der Waals surface area contributed by atoms with E-state index in [1.807, 2.05) is 6.92 Å². The molecule has 0 bridgehead atoms. The van der Waals surface area contributed by atoms with Crippen molar-refractivity contribution in [1.29, 1.82) is 0 Å². The number of ether oxygens (including phenoxy) is 1. The molecule has 7 atom stereocenters. The van der Waals surface area contributed by atoms with Gasteiger partial charge >= 0.3 is 5.97 Å². The van der Waals surface area contributed by atoms with Crippen molar-refractivity contribution in [2.75, 3.05) is 26.0 Å². The summed E-state index contributed by atoms with van der Waals surface area (Å²) in [7, 11) is 2.89. The number of benzene rings is 1. The first-order valence-electron chi connectivity index (χ1n) is 13.8. The molecule has 228 valence electrons. The van der Waals surface area contributed by atoms with E-state index in [0.29, 0.717) is 18.4 Å². The average Bonchev–Trinajstić information content (AvgIpc) is 2.91. The highest BCUT2D eigenvalue weighted by Crippen LogP contribution is 2.56. The topological polar surface area (TPSA) is 220 Å². The SMILES string of the molecule is CCCC(Nc1ccc2c(c1O)C(O)=C1C(=O)[C@]3(O)C(O)=C(C(N)=O)C(=O)[C@@H](N(C)C)[C@@H]3[C@@H](O)[C@@H]1[C@H]2C)C(=O)OCC. The zero-order valence-electron chi connectivity index (χ0n) is 24.0. The number of nitrogens with two attached hydrogens (primary N) is 1. The van der Waals surface area contributed by atoms with E-state index in [0.717, 1.165) is 0 Å². The molecule has 3 aliphatic rings. The van der Waals surface area contributed by atoms with Gasteiger partial charge in [-0.2, -0.15) is 0 Å². The third-order valence-corrected chi connectivity index (χ3v) is 8.61. The van der Waals surface area contributed by atoms with Crippen LogP contribution in [0.3, 0.4) is 0 Å². The van der Waals surface area contributed by atoms with Gasteiger partial charge in [0.1, 0.15) is 28.9 Å². The second-order valence-corrected chi connectivity index (χ2v) is 11.2. The van der Waals surface area contributed by atoms with Crippen LogP contribution in [0.25, 0.3) is 5.76 Å². The number of phenols is 1. The van der Waals surface area contributed by atoms with Crippen LogP contribution in [-0.2, 0) is 23.9 Å². The number of primary amides is 1. The first kappa shape index (κ1) is 31.0. The number of esters is 1. The van der Waals surface area contributed by atoms with Crippen LogP contribution in [0.15, 0.2) is 29.0 Å². The third-order valence-electron chi connectivity index (χ3n) is 8.61. The molecule has 1 saturated carbocycles.